The molecule has 10 aliphatic carbocycles. The summed E-state index contributed by atoms with van der Waals surface area (Å²) in [4.78, 5) is 8.09. The molecule has 0 spiro atoms. The zero-order chi connectivity index (χ0) is 65.0. The molecule has 0 aliphatic heterocycles. The molecule has 3 nitrogen and oxygen atoms in total. The second kappa shape index (κ2) is 51.8. The molecule has 556 valence electrons. The van der Waals surface area contributed by atoms with Crippen molar-refractivity contribution in [3.05, 3.63) is 90.5 Å². The van der Waals surface area contributed by atoms with Crippen LogP contribution in [0.4, 0.5) is 13.2 Å². The second-order valence-electron chi connectivity index (χ2n) is 30.5. The average Bonchev–Trinajstić information content (AvgIpc) is 1.70. The van der Waals surface area contributed by atoms with E-state index in [0.717, 1.165) is 51.4 Å². The van der Waals surface area contributed by atoms with Crippen molar-refractivity contribution in [2.75, 3.05) is 42.3 Å². The molecule has 3 aromatic carbocycles. The SMILES string of the molecule is BrC1CCCC1.C1CCCC1.C1CCCC1.C1CCCC1.C[C@H](C1CCCC1P(c1ccc(C(F)(F)F)cc1)C1CCCC1)N(C)C.C[C@H](C1CCCC1[P@@](c1ccccc1)C1CCCC1)N(C)C.C[C@H](C1CCCC1[P@@](c1ccccc1)C1CCCC1)N(C)C.[Fe].[Fe].[Fe].[Fe].[Fe]. The number of halogens is 4. The Morgan fingerprint density at radius 2 is 0.542 bits per heavy atom. The van der Waals surface area contributed by atoms with Crippen molar-refractivity contribution in [3.8, 4) is 0 Å². The fourth-order valence-electron chi connectivity index (χ4n) is 17.9. The van der Waals surface area contributed by atoms with Crippen molar-refractivity contribution in [2.45, 2.75) is 341 Å². The average molecular weight is 1660 g/mol. The van der Waals surface area contributed by atoms with Crippen LogP contribution < -0.4 is 15.9 Å². The Balaban J connectivity index is 0.000000414. The molecule has 0 radical (unpaired) electrons. The van der Waals surface area contributed by atoms with Gasteiger partial charge in [0.15, 0.2) is 0 Å². The van der Waals surface area contributed by atoms with Crippen LogP contribution in [0, 0.1) is 17.8 Å². The molecule has 3 aromatic rings. The van der Waals surface area contributed by atoms with Crippen molar-refractivity contribution in [1.29, 1.82) is 0 Å². The van der Waals surface area contributed by atoms with Gasteiger partial charge in [-0.3, -0.25) is 0 Å². The van der Waals surface area contributed by atoms with E-state index in [9.17, 15) is 13.2 Å². The first-order valence-electron chi connectivity index (χ1n) is 38.3. The zero-order valence-electron chi connectivity index (χ0n) is 61.3. The standard InChI is InChI=1S/C21H31F3NP.2C20H32NP.C5H9Br.3C5H10.5Fe/c1-15(25(2)3)19-9-6-10-20(19)26(17-7-4-5-8-17)18-13-11-16(12-14-18)21(22,23)24;2*1-16(21(2)3)19-14-9-15-20(19)22(18-12-7-8-13-18)17-10-5-4-6-11-17;6-5-3-1-2-4-5;3*1-2-4-5-3-1;;;;;/h11-15,17,19-20H,4-10H2,1-3H3;2*4-6,10-11,16,18-20H,7-9,12-15H2,1-3H3;5H,1-4H2;3*1-5H2;;;;;/t15-,19?,20?,26?;2*16-,19?,20?,22+;;;;;;;;;/m111........./s1. The molecule has 0 amide bonds. The van der Waals surface area contributed by atoms with Crippen LogP contribution in [0.25, 0.3) is 0 Å². The third-order valence-electron chi connectivity index (χ3n) is 23.8. The van der Waals surface area contributed by atoms with Gasteiger partial charge in [0, 0.05) is 108 Å². The fourth-order valence-corrected chi connectivity index (χ4v) is 30.7. The number of benzene rings is 3. The van der Waals surface area contributed by atoms with Gasteiger partial charge in [0.05, 0.1) is 5.56 Å². The van der Waals surface area contributed by atoms with Crippen LogP contribution in [0.5, 0.6) is 0 Å². The first-order chi connectivity index (χ1) is 44.0. The van der Waals surface area contributed by atoms with Gasteiger partial charge in [-0.15, -0.1) is 0 Å². The number of rotatable bonds is 15. The number of hydrogen-bond acceptors (Lipinski definition) is 3. The van der Waals surface area contributed by atoms with E-state index >= 15 is 0 Å². The molecule has 10 saturated carbocycles. The van der Waals surface area contributed by atoms with Gasteiger partial charge in [-0.2, -0.15) is 13.2 Å². The van der Waals surface area contributed by atoms with E-state index in [4.69, 9.17) is 0 Å². The van der Waals surface area contributed by atoms with Crippen LogP contribution in [0.1, 0.15) is 283 Å². The number of alkyl halides is 4. The molecular formula is C81H134BrF3Fe5N3P3. The van der Waals surface area contributed by atoms with E-state index in [1.54, 1.807) is 22.7 Å². The summed E-state index contributed by atoms with van der Waals surface area (Å²) in [6, 6.07) is 31.3. The minimum atomic E-state index is -4.25. The third-order valence-corrected chi connectivity index (χ3v) is 35.3. The zero-order valence-corrected chi connectivity index (χ0v) is 71.1. The molecular weight excluding hydrogens is 1520 g/mol. The molecule has 10 fully saturated rings. The summed E-state index contributed by atoms with van der Waals surface area (Å²) in [5.41, 5.74) is 4.74. The van der Waals surface area contributed by atoms with Crippen molar-refractivity contribution in [1.82, 2.24) is 14.7 Å². The summed E-state index contributed by atoms with van der Waals surface area (Å²) in [7, 11) is 13.0. The Bertz CT molecular complexity index is 2200. The maximum atomic E-state index is 13.0. The Hall–Kier alpha value is 1.70. The van der Waals surface area contributed by atoms with E-state index in [-0.39, 0.29) is 101 Å². The fraction of sp³-hybridized carbons (Fsp3) is 0.778. The van der Waals surface area contributed by atoms with Gasteiger partial charge in [0.2, 0.25) is 0 Å². The first-order valence-corrected chi connectivity index (χ1v) is 43.7. The maximum absolute atomic E-state index is 13.0. The Kier molecular flexibility index (Phi) is 50.6. The molecule has 7 unspecified atom stereocenters. The van der Waals surface area contributed by atoms with Gasteiger partial charge in [-0.25, -0.2) is 0 Å². The first kappa shape index (κ1) is 93.8. The molecule has 0 saturated heterocycles. The second-order valence-corrected chi connectivity index (χ2v) is 40.0. The summed E-state index contributed by atoms with van der Waals surface area (Å²) in [5, 5.41) is 4.57. The number of hydrogen-bond donors (Lipinski definition) is 0. The van der Waals surface area contributed by atoms with Crippen LogP contribution >= 0.6 is 39.7 Å². The van der Waals surface area contributed by atoms with Gasteiger partial charge >= 0.3 is 6.18 Å². The van der Waals surface area contributed by atoms with Crippen molar-refractivity contribution < 1.29 is 98.5 Å². The summed E-state index contributed by atoms with van der Waals surface area (Å²) in [5.74, 6) is 2.47. The summed E-state index contributed by atoms with van der Waals surface area (Å²) in [6.07, 6.45) is 53.3. The minimum absolute atomic E-state index is 0. The smallest absolute Gasteiger partial charge is 0.306 e. The Morgan fingerprint density at radius 3 is 0.750 bits per heavy atom. The van der Waals surface area contributed by atoms with E-state index in [2.05, 4.69) is 154 Å². The van der Waals surface area contributed by atoms with Crippen molar-refractivity contribution in [3.63, 3.8) is 0 Å². The van der Waals surface area contributed by atoms with Crippen LogP contribution in [0.15, 0.2) is 84.9 Å². The Labute approximate surface area is 654 Å². The van der Waals surface area contributed by atoms with Gasteiger partial charge < -0.3 is 14.7 Å². The van der Waals surface area contributed by atoms with Crippen LogP contribution in [-0.4, -0.2) is 114 Å². The number of nitrogens with zero attached hydrogens (tertiary/aromatic N) is 3. The Morgan fingerprint density at radius 1 is 0.312 bits per heavy atom. The topological polar surface area (TPSA) is 9.72 Å². The molecule has 13 rings (SSSR count). The van der Waals surface area contributed by atoms with Gasteiger partial charge in [-0.05, 0) is 233 Å². The van der Waals surface area contributed by atoms with E-state index in [1.165, 1.54) is 274 Å². The monoisotopic (exact) mass is 1660 g/mol. The van der Waals surface area contributed by atoms with Crippen LogP contribution in [0.2, 0.25) is 0 Å². The molecule has 96 heavy (non-hydrogen) atoms. The summed E-state index contributed by atoms with van der Waals surface area (Å²) >= 11 is 3.54. The predicted octanol–water partition coefficient (Wildman–Crippen LogP) is 23.7. The van der Waals surface area contributed by atoms with Crippen molar-refractivity contribution >= 4 is 55.6 Å². The minimum Gasteiger partial charge on any atom is -0.306 e. The largest absolute Gasteiger partial charge is 0.416 e. The van der Waals surface area contributed by atoms with E-state index < -0.39 is 19.7 Å². The normalized spacial score (nSPS) is 26.0. The molecule has 0 bridgehead atoms. The van der Waals surface area contributed by atoms with E-state index in [0.29, 0.717) is 23.3 Å². The molecule has 15 heteroatoms. The molecule has 0 aromatic heterocycles. The van der Waals surface area contributed by atoms with Gasteiger partial charge in [0.1, 0.15) is 0 Å². The molecule has 12 atom stereocenters. The van der Waals surface area contributed by atoms with Gasteiger partial charge in [-0.1, -0.05) is 279 Å². The van der Waals surface area contributed by atoms with Crippen LogP contribution in [0.3, 0.4) is 0 Å². The third kappa shape index (κ3) is 30.9. The molecule has 0 N–H and O–H groups in total. The molecule has 0 heterocycles. The quantitative estimate of drug-likeness (QED) is 0.0853. The summed E-state index contributed by atoms with van der Waals surface area (Å²) < 4.78 is 38.9. The van der Waals surface area contributed by atoms with Gasteiger partial charge in [0.25, 0.3) is 0 Å². The van der Waals surface area contributed by atoms with Crippen LogP contribution in [-0.2, 0) is 91.5 Å². The van der Waals surface area contributed by atoms with Crippen molar-refractivity contribution in [2.24, 2.45) is 17.8 Å². The predicted molar refractivity (Wildman–Crippen MR) is 404 cm³/mol. The molecule has 10 aliphatic rings. The summed E-state index contributed by atoms with van der Waals surface area (Å²) in [6.45, 7) is 7.23. The maximum Gasteiger partial charge on any atom is 0.416 e. The van der Waals surface area contributed by atoms with E-state index in [1.807, 2.05) is 0 Å².